The molecule has 1 saturated carbocycles. The molecular weight excluding hydrogens is 318 g/mol. The van der Waals surface area contributed by atoms with Crippen LogP contribution in [0.15, 0.2) is 19.7 Å². The van der Waals surface area contributed by atoms with Gasteiger partial charge in [-0.25, -0.2) is 14.9 Å². The molecule has 1 heterocycles. The standard InChI is InChI=1S/C14H21N5O3S/c1-9-6-4-5-7-10(9)15-16-11(20)8-23-12-13(21)18(2)14(22)19(3)17-12/h9H,4-8H2,1-3H3,(H,16,20)/b15-10-/t9-/m0/s1. The Morgan fingerprint density at radius 3 is 2.83 bits per heavy atom. The third-order valence-corrected chi connectivity index (χ3v) is 4.78. The molecule has 1 aliphatic rings. The maximum atomic E-state index is 11.9. The number of nitrogens with one attached hydrogen (secondary N) is 1. The van der Waals surface area contributed by atoms with Gasteiger partial charge < -0.3 is 0 Å². The van der Waals surface area contributed by atoms with E-state index in [-0.39, 0.29) is 16.7 Å². The Morgan fingerprint density at radius 2 is 2.13 bits per heavy atom. The first kappa shape index (κ1) is 17.5. The van der Waals surface area contributed by atoms with Gasteiger partial charge in [-0.3, -0.25) is 14.2 Å². The lowest BCUT2D eigenvalue weighted by atomic mass is 9.89. The zero-order chi connectivity index (χ0) is 17.0. The lowest BCUT2D eigenvalue weighted by molar-refractivity contribution is -0.118. The van der Waals surface area contributed by atoms with Crippen molar-refractivity contribution in [2.45, 2.75) is 37.6 Å². The van der Waals surface area contributed by atoms with Crippen LogP contribution in [-0.2, 0) is 18.9 Å². The molecule has 2 rings (SSSR count). The highest BCUT2D eigenvalue weighted by atomic mass is 32.2. The molecule has 8 nitrogen and oxygen atoms in total. The lowest BCUT2D eigenvalue weighted by Gasteiger charge is -2.19. The van der Waals surface area contributed by atoms with Gasteiger partial charge in [-0.15, -0.1) is 0 Å². The second-order valence-electron chi connectivity index (χ2n) is 5.65. The minimum Gasteiger partial charge on any atom is -0.272 e. The first-order valence-corrected chi connectivity index (χ1v) is 8.51. The molecular formula is C14H21N5O3S. The quantitative estimate of drug-likeness (QED) is 0.626. The van der Waals surface area contributed by atoms with Crippen LogP contribution in [0.1, 0.15) is 32.6 Å². The molecule has 1 aromatic rings. The monoisotopic (exact) mass is 339 g/mol. The second kappa shape index (κ2) is 7.58. The normalized spacial score (nSPS) is 19.8. The van der Waals surface area contributed by atoms with E-state index in [9.17, 15) is 14.4 Å². The fourth-order valence-electron chi connectivity index (χ4n) is 2.40. The average Bonchev–Trinajstić information content (AvgIpc) is 2.54. The number of hydrogen-bond acceptors (Lipinski definition) is 6. The predicted molar refractivity (Wildman–Crippen MR) is 88.7 cm³/mol. The van der Waals surface area contributed by atoms with Crippen LogP contribution in [0.4, 0.5) is 0 Å². The predicted octanol–water partition coefficient (Wildman–Crippen LogP) is 0.253. The number of aryl methyl sites for hydroxylation is 1. The molecule has 9 heteroatoms. The lowest BCUT2D eigenvalue weighted by Crippen LogP contribution is -2.39. The molecule has 126 valence electrons. The summed E-state index contributed by atoms with van der Waals surface area (Å²) in [6, 6.07) is 0. The van der Waals surface area contributed by atoms with Gasteiger partial charge in [0.15, 0.2) is 5.03 Å². The van der Waals surface area contributed by atoms with Crippen LogP contribution in [0.5, 0.6) is 0 Å². The number of carbonyl (C=O) groups excluding carboxylic acids is 1. The van der Waals surface area contributed by atoms with Crippen molar-refractivity contribution in [3.63, 3.8) is 0 Å². The number of hydrogen-bond donors (Lipinski definition) is 1. The SMILES string of the molecule is C[C@H]1CCCC/C1=N/NC(=O)CSc1nn(C)c(=O)n(C)c1=O. The summed E-state index contributed by atoms with van der Waals surface area (Å²) in [5.41, 5.74) is 2.55. The van der Waals surface area contributed by atoms with Crippen LogP contribution >= 0.6 is 11.8 Å². The molecule has 0 spiro atoms. The summed E-state index contributed by atoms with van der Waals surface area (Å²) in [6.45, 7) is 2.11. The van der Waals surface area contributed by atoms with Crippen LogP contribution in [0.2, 0.25) is 0 Å². The van der Waals surface area contributed by atoms with Gasteiger partial charge in [-0.1, -0.05) is 25.1 Å². The zero-order valence-electron chi connectivity index (χ0n) is 13.5. The van der Waals surface area contributed by atoms with Gasteiger partial charge in [0, 0.05) is 19.8 Å². The molecule has 23 heavy (non-hydrogen) atoms. The topological polar surface area (TPSA) is 98.3 Å². The summed E-state index contributed by atoms with van der Waals surface area (Å²) in [4.78, 5) is 35.3. The maximum Gasteiger partial charge on any atom is 0.346 e. The number of amides is 1. The molecule has 1 amide bonds. The van der Waals surface area contributed by atoms with Gasteiger partial charge in [-0.2, -0.15) is 10.2 Å². The first-order valence-electron chi connectivity index (χ1n) is 7.52. The highest BCUT2D eigenvalue weighted by molar-refractivity contribution is 7.99. The summed E-state index contributed by atoms with van der Waals surface area (Å²) in [7, 11) is 2.84. The maximum absolute atomic E-state index is 11.9. The zero-order valence-corrected chi connectivity index (χ0v) is 14.4. The molecule has 1 fully saturated rings. The van der Waals surface area contributed by atoms with Crippen molar-refractivity contribution < 1.29 is 4.79 Å². The van der Waals surface area contributed by atoms with E-state index in [1.807, 2.05) is 0 Å². The Hall–Kier alpha value is -1.90. The smallest absolute Gasteiger partial charge is 0.272 e. The van der Waals surface area contributed by atoms with Gasteiger partial charge >= 0.3 is 5.69 Å². The number of nitrogens with zero attached hydrogens (tertiary/aromatic N) is 4. The summed E-state index contributed by atoms with van der Waals surface area (Å²) in [5, 5.41) is 8.19. The second-order valence-corrected chi connectivity index (χ2v) is 6.61. The van der Waals surface area contributed by atoms with E-state index < -0.39 is 11.2 Å². The van der Waals surface area contributed by atoms with E-state index >= 15 is 0 Å². The third kappa shape index (κ3) is 4.31. The number of rotatable bonds is 4. The van der Waals surface area contributed by atoms with Crippen molar-refractivity contribution in [2.24, 2.45) is 25.1 Å². The molecule has 0 saturated heterocycles. The molecule has 0 unspecified atom stereocenters. The number of carbonyl (C=O) groups is 1. The van der Waals surface area contributed by atoms with Crippen LogP contribution in [-0.4, -0.2) is 31.7 Å². The molecule has 1 aliphatic carbocycles. The summed E-state index contributed by atoms with van der Waals surface area (Å²) >= 11 is 0.994. The van der Waals surface area contributed by atoms with Gasteiger partial charge in [0.2, 0.25) is 5.91 Å². The van der Waals surface area contributed by atoms with Gasteiger partial charge in [0.25, 0.3) is 5.56 Å². The van der Waals surface area contributed by atoms with Crippen molar-refractivity contribution in [3.05, 3.63) is 20.8 Å². The van der Waals surface area contributed by atoms with Crippen molar-refractivity contribution in [3.8, 4) is 0 Å². The van der Waals surface area contributed by atoms with Crippen LogP contribution in [0.3, 0.4) is 0 Å². The third-order valence-electron chi connectivity index (χ3n) is 3.85. The summed E-state index contributed by atoms with van der Waals surface area (Å²) in [6.07, 6.45) is 4.32. The summed E-state index contributed by atoms with van der Waals surface area (Å²) < 4.78 is 2.04. The Labute approximate surface area is 138 Å². The Kier molecular flexibility index (Phi) is 5.75. The van der Waals surface area contributed by atoms with Gasteiger partial charge in [-0.05, 0) is 25.2 Å². The van der Waals surface area contributed by atoms with Crippen LogP contribution in [0, 0.1) is 5.92 Å². The number of aromatic nitrogens is 3. The first-order chi connectivity index (χ1) is 10.9. The highest BCUT2D eigenvalue weighted by Crippen LogP contribution is 2.20. The molecule has 1 atom stereocenters. The fraction of sp³-hybridized carbons (Fsp3) is 0.643. The summed E-state index contributed by atoms with van der Waals surface area (Å²) in [5.74, 6) is 0.123. The van der Waals surface area contributed by atoms with E-state index in [0.717, 1.165) is 46.0 Å². The molecule has 1 N–H and O–H groups in total. The number of thioether (sulfide) groups is 1. The Balaban J connectivity index is 1.96. The van der Waals surface area contributed by atoms with E-state index in [2.05, 4.69) is 22.5 Å². The van der Waals surface area contributed by atoms with Crippen molar-refractivity contribution in [2.75, 3.05) is 5.75 Å². The van der Waals surface area contributed by atoms with Gasteiger partial charge in [0.1, 0.15) is 0 Å². The molecule has 0 aromatic carbocycles. The fourth-order valence-corrected chi connectivity index (χ4v) is 3.17. The van der Waals surface area contributed by atoms with E-state index in [1.54, 1.807) is 0 Å². The Bertz CT molecular complexity index is 737. The number of hydrazone groups is 1. The largest absolute Gasteiger partial charge is 0.346 e. The molecule has 0 radical (unpaired) electrons. The van der Waals surface area contributed by atoms with Gasteiger partial charge in [0.05, 0.1) is 5.75 Å². The van der Waals surface area contributed by atoms with Crippen LogP contribution < -0.4 is 16.7 Å². The van der Waals surface area contributed by atoms with Crippen LogP contribution in [0.25, 0.3) is 0 Å². The van der Waals surface area contributed by atoms with Crippen molar-refractivity contribution in [1.82, 2.24) is 19.8 Å². The molecule has 1 aromatic heterocycles. The minimum absolute atomic E-state index is 0.0194. The highest BCUT2D eigenvalue weighted by Gasteiger charge is 2.16. The molecule has 0 bridgehead atoms. The Morgan fingerprint density at radius 1 is 1.39 bits per heavy atom. The van der Waals surface area contributed by atoms with E-state index in [0.29, 0.717) is 5.92 Å². The van der Waals surface area contributed by atoms with E-state index in [1.165, 1.54) is 20.5 Å². The minimum atomic E-state index is -0.502. The average molecular weight is 339 g/mol. The van der Waals surface area contributed by atoms with Crippen molar-refractivity contribution >= 4 is 23.4 Å². The molecule has 0 aliphatic heterocycles. The van der Waals surface area contributed by atoms with E-state index in [4.69, 9.17) is 0 Å². The van der Waals surface area contributed by atoms with Crippen molar-refractivity contribution in [1.29, 1.82) is 0 Å².